The summed E-state index contributed by atoms with van der Waals surface area (Å²) >= 11 is 1.29. The van der Waals surface area contributed by atoms with Crippen molar-refractivity contribution in [1.29, 1.82) is 0 Å². The molecular formula is C8H4F3IN2O3. The van der Waals surface area contributed by atoms with Crippen LogP contribution < -0.4 is 5.73 Å². The van der Waals surface area contributed by atoms with E-state index in [-0.39, 0.29) is 0 Å². The molecule has 0 unspecified atom stereocenters. The summed E-state index contributed by atoms with van der Waals surface area (Å²) in [6.45, 7) is 0. The van der Waals surface area contributed by atoms with Crippen molar-refractivity contribution in [3.8, 4) is 0 Å². The third-order valence-electron chi connectivity index (χ3n) is 1.87. The molecule has 0 aliphatic rings. The number of nitro benzene ring substituents is 1. The van der Waals surface area contributed by atoms with Crippen molar-refractivity contribution in [1.82, 2.24) is 0 Å². The highest BCUT2D eigenvalue weighted by atomic mass is 127. The molecule has 0 heterocycles. The van der Waals surface area contributed by atoms with Crippen molar-refractivity contribution in [3.63, 3.8) is 0 Å². The van der Waals surface area contributed by atoms with Crippen LogP contribution in [0.2, 0.25) is 0 Å². The normalized spacial score (nSPS) is 11.3. The topological polar surface area (TPSA) is 86.2 Å². The van der Waals surface area contributed by atoms with E-state index in [2.05, 4.69) is 0 Å². The molecule has 1 amide bonds. The number of nitro groups is 1. The van der Waals surface area contributed by atoms with Crippen molar-refractivity contribution in [2.75, 3.05) is 0 Å². The van der Waals surface area contributed by atoms with E-state index >= 15 is 0 Å². The van der Waals surface area contributed by atoms with Crippen LogP contribution in [0.3, 0.4) is 0 Å². The number of primary amides is 1. The smallest absolute Gasteiger partial charge is 0.366 e. The highest BCUT2D eigenvalue weighted by Gasteiger charge is 2.37. The largest absolute Gasteiger partial charge is 0.417 e. The standard InChI is InChI=1S/C8H4F3IN2O3/c9-8(10,11)3-1-2-4(14(16)17)6(12)5(3)7(13)15/h1-2H,(H2,13,15). The minimum atomic E-state index is -4.79. The van der Waals surface area contributed by atoms with Crippen molar-refractivity contribution in [3.05, 3.63) is 36.9 Å². The third-order valence-corrected chi connectivity index (χ3v) is 2.96. The number of rotatable bonds is 2. The van der Waals surface area contributed by atoms with Crippen LogP contribution >= 0.6 is 22.6 Å². The minimum Gasteiger partial charge on any atom is -0.366 e. The van der Waals surface area contributed by atoms with E-state index in [0.717, 1.165) is 0 Å². The summed E-state index contributed by atoms with van der Waals surface area (Å²) in [5.41, 5.74) is 2.06. The number of carbonyl (C=O) groups is 1. The number of nitrogens with two attached hydrogens (primary N) is 1. The summed E-state index contributed by atoms with van der Waals surface area (Å²) < 4.78 is 37.2. The molecule has 0 saturated carbocycles. The first-order chi connectivity index (χ1) is 7.66. The van der Waals surface area contributed by atoms with Gasteiger partial charge in [0.05, 0.1) is 16.1 Å². The van der Waals surface area contributed by atoms with Crippen molar-refractivity contribution < 1.29 is 22.9 Å². The molecule has 2 N–H and O–H groups in total. The summed E-state index contributed by atoms with van der Waals surface area (Å²) in [5, 5.41) is 10.5. The Morgan fingerprint density at radius 1 is 1.41 bits per heavy atom. The predicted octanol–water partition coefficient (Wildman–Crippen LogP) is 2.32. The molecule has 0 aliphatic heterocycles. The number of carbonyl (C=O) groups excluding carboxylic acids is 1. The molecule has 0 aromatic heterocycles. The lowest BCUT2D eigenvalue weighted by Crippen LogP contribution is -2.21. The molecular weight excluding hydrogens is 356 g/mol. The molecule has 92 valence electrons. The molecule has 0 saturated heterocycles. The van der Waals surface area contributed by atoms with Gasteiger partial charge in [0, 0.05) is 6.07 Å². The zero-order valence-electron chi connectivity index (χ0n) is 7.92. The maximum atomic E-state index is 12.5. The maximum Gasteiger partial charge on any atom is 0.417 e. The quantitative estimate of drug-likeness (QED) is 0.499. The Morgan fingerprint density at radius 2 is 1.94 bits per heavy atom. The lowest BCUT2D eigenvalue weighted by molar-refractivity contribution is -0.385. The van der Waals surface area contributed by atoms with Crippen LogP contribution in [0.15, 0.2) is 12.1 Å². The molecule has 0 fully saturated rings. The number of hydrogen-bond acceptors (Lipinski definition) is 3. The molecule has 1 rings (SSSR count). The van der Waals surface area contributed by atoms with Crippen LogP contribution in [0.5, 0.6) is 0 Å². The Morgan fingerprint density at radius 3 is 2.29 bits per heavy atom. The monoisotopic (exact) mass is 360 g/mol. The molecule has 1 aromatic rings. The third kappa shape index (κ3) is 2.65. The molecule has 0 aliphatic carbocycles. The number of benzene rings is 1. The molecule has 0 spiro atoms. The van der Waals surface area contributed by atoms with E-state index in [1.54, 1.807) is 0 Å². The summed E-state index contributed by atoms with van der Waals surface area (Å²) in [6, 6.07) is 1.16. The van der Waals surface area contributed by atoms with Gasteiger partial charge in [-0.05, 0) is 28.7 Å². The highest BCUT2D eigenvalue weighted by Crippen LogP contribution is 2.36. The number of amides is 1. The maximum absolute atomic E-state index is 12.5. The molecule has 0 bridgehead atoms. The highest BCUT2D eigenvalue weighted by molar-refractivity contribution is 14.1. The number of halogens is 4. The first-order valence-electron chi connectivity index (χ1n) is 4.00. The SMILES string of the molecule is NC(=O)c1c(C(F)(F)F)ccc([N+](=O)[O-])c1I. The van der Waals surface area contributed by atoms with Crippen molar-refractivity contribution in [2.24, 2.45) is 5.73 Å². The zero-order chi connectivity index (χ0) is 13.4. The summed E-state index contributed by atoms with van der Waals surface area (Å²) in [4.78, 5) is 20.6. The first-order valence-corrected chi connectivity index (χ1v) is 5.08. The second kappa shape index (κ2) is 4.47. The molecule has 0 atom stereocenters. The molecule has 1 aromatic carbocycles. The molecule has 0 radical (unpaired) electrons. The number of nitrogens with zero attached hydrogens (tertiary/aromatic N) is 1. The van der Waals surface area contributed by atoms with Gasteiger partial charge in [0.25, 0.3) is 11.6 Å². The predicted molar refractivity (Wildman–Crippen MR) is 59.3 cm³/mol. The summed E-state index contributed by atoms with van der Waals surface area (Å²) in [6.07, 6.45) is -4.79. The lowest BCUT2D eigenvalue weighted by atomic mass is 10.1. The van der Waals surface area contributed by atoms with Gasteiger partial charge in [0.15, 0.2) is 0 Å². The van der Waals surface area contributed by atoms with Gasteiger partial charge in [-0.2, -0.15) is 13.2 Å². The van der Waals surface area contributed by atoms with Crippen LogP contribution in [-0.4, -0.2) is 10.8 Å². The molecule has 5 nitrogen and oxygen atoms in total. The average molecular weight is 360 g/mol. The Balaban J connectivity index is 3.63. The second-order valence-corrected chi connectivity index (χ2v) is 4.02. The second-order valence-electron chi connectivity index (χ2n) is 2.94. The van der Waals surface area contributed by atoms with Gasteiger partial charge in [-0.3, -0.25) is 14.9 Å². The number of alkyl halides is 3. The van der Waals surface area contributed by atoms with E-state index in [9.17, 15) is 28.1 Å². The summed E-state index contributed by atoms with van der Waals surface area (Å²) in [5.74, 6) is -1.36. The fourth-order valence-corrected chi connectivity index (χ4v) is 2.12. The van der Waals surface area contributed by atoms with E-state index in [0.29, 0.717) is 12.1 Å². The Bertz CT molecular complexity index is 502. The van der Waals surface area contributed by atoms with Crippen molar-refractivity contribution in [2.45, 2.75) is 6.18 Å². The average Bonchev–Trinajstić information content (AvgIpc) is 2.14. The van der Waals surface area contributed by atoms with Crippen LogP contribution in [0.4, 0.5) is 18.9 Å². The summed E-state index contributed by atoms with van der Waals surface area (Å²) in [7, 11) is 0. The Kier molecular flexibility index (Phi) is 3.59. The Labute approximate surface area is 106 Å². The van der Waals surface area contributed by atoms with Gasteiger partial charge < -0.3 is 5.73 Å². The van der Waals surface area contributed by atoms with Gasteiger partial charge in [0.2, 0.25) is 0 Å². The van der Waals surface area contributed by atoms with Gasteiger partial charge in [-0.25, -0.2) is 0 Å². The van der Waals surface area contributed by atoms with Crippen LogP contribution in [0.25, 0.3) is 0 Å². The van der Waals surface area contributed by atoms with Gasteiger partial charge in [-0.15, -0.1) is 0 Å². The van der Waals surface area contributed by atoms with Crippen molar-refractivity contribution >= 4 is 34.2 Å². The van der Waals surface area contributed by atoms with Crippen LogP contribution in [-0.2, 0) is 6.18 Å². The Hall–Kier alpha value is -1.39. The van der Waals surface area contributed by atoms with E-state index < -0.39 is 37.4 Å². The van der Waals surface area contributed by atoms with E-state index in [1.807, 2.05) is 0 Å². The van der Waals surface area contributed by atoms with Crippen LogP contribution in [0.1, 0.15) is 15.9 Å². The molecule has 9 heteroatoms. The van der Waals surface area contributed by atoms with Gasteiger partial charge in [0.1, 0.15) is 3.57 Å². The van der Waals surface area contributed by atoms with Gasteiger partial charge >= 0.3 is 6.18 Å². The fraction of sp³-hybridized carbons (Fsp3) is 0.125. The van der Waals surface area contributed by atoms with E-state index in [4.69, 9.17) is 5.73 Å². The van der Waals surface area contributed by atoms with E-state index in [1.165, 1.54) is 22.6 Å². The van der Waals surface area contributed by atoms with Crippen LogP contribution in [0, 0.1) is 13.7 Å². The first kappa shape index (κ1) is 13.7. The number of hydrogen-bond donors (Lipinski definition) is 1. The fourth-order valence-electron chi connectivity index (χ4n) is 1.18. The van der Waals surface area contributed by atoms with Gasteiger partial charge in [-0.1, -0.05) is 0 Å². The molecule has 17 heavy (non-hydrogen) atoms. The minimum absolute atomic E-state index is 0.421. The zero-order valence-corrected chi connectivity index (χ0v) is 10.1. The lowest BCUT2D eigenvalue weighted by Gasteiger charge is -2.11.